The van der Waals surface area contributed by atoms with Crippen molar-refractivity contribution < 1.29 is 4.79 Å². The highest BCUT2D eigenvalue weighted by Crippen LogP contribution is 2.33. The molecule has 1 unspecified atom stereocenters. The van der Waals surface area contributed by atoms with E-state index in [1.54, 1.807) is 4.90 Å². The molecule has 1 aliphatic carbocycles. The van der Waals surface area contributed by atoms with E-state index >= 15 is 0 Å². The van der Waals surface area contributed by atoms with Gasteiger partial charge in [-0.05, 0) is 24.8 Å². The predicted molar refractivity (Wildman–Crippen MR) is 88.6 cm³/mol. The van der Waals surface area contributed by atoms with Crippen molar-refractivity contribution >= 4 is 40.7 Å². The molecule has 1 aromatic carbocycles. The molecule has 0 spiro atoms. The Kier molecular flexibility index (Phi) is 5.74. The third kappa shape index (κ3) is 4.39. The van der Waals surface area contributed by atoms with E-state index in [0.29, 0.717) is 25.8 Å². The molecule has 0 aromatic heterocycles. The summed E-state index contributed by atoms with van der Waals surface area (Å²) in [6, 6.07) is 11.7. The maximum absolute atomic E-state index is 12.5. The molecule has 0 aliphatic heterocycles. The van der Waals surface area contributed by atoms with Crippen LogP contribution in [0.5, 0.6) is 0 Å². The number of carbonyl (C=O) groups is 1. The van der Waals surface area contributed by atoms with Gasteiger partial charge in [-0.15, -0.1) is 0 Å². The minimum atomic E-state index is -1.98. The smallest absolute Gasteiger partial charge is 0.275 e. The number of nitriles is 1. The summed E-state index contributed by atoms with van der Waals surface area (Å²) in [4.78, 5) is 14.1. The van der Waals surface area contributed by atoms with Crippen LogP contribution >= 0.6 is 34.8 Å². The highest BCUT2D eigenvalue weighted by molar-refractivity contribution is 6.76. The monoisotopic (exact) mass is 356 g/mol. The van der Waals surface area contributed by atoms with Crippen molar-refractivity contribution in [1.29, 1.82) is 5.26 Å². The van der Waals surface area contributed by atoms with Gasteiger partial charge in [0.2, 0.25) is 0 Å². The molecule has 0 heterocycles. The van der Waals surface area contributed by atoms with Crippen LogP contribution in [0.1, 0.15) is 24.8 Å². The Bertz CT molecular complexity index is 602. The van der Waals surface area contributed by atoms with E-state index in [0.717, 1.165) is 11.1 Å². The van der Waals surface area contributed by atoms with Gasteiger partial charge in [0.05, 0.1) is 6.07 Å². The first kappa shape index (κ1) is 17.1. The molecule has 0 bridgehead atoms. The quantitative estimate of drug-likeness (QED) is 0.753. The SMILES string of the molecule is N#CC1=CCC(N(Cc2ccccc2)C(=O)C(Cl)(Cl)Cl)CC1. The predicted octanol–water partition coefficient (Wildman–Crippen LogP) is 4.39. The molecule has 116 valence electrons. The molecule has 0 saturated carbocycles. The summed E-state index contributed by atoms with van der Waals surface area (Å²) in [7, 11) is 0. The number of amides is 1. The van der Waals surface area contributed by atoms with Crippen molar-refractivity contribution in [2.75, 3.05) is 0 Å². The van der Waals surface area contributed by atoms with Gasteiger partial charge in [0.1, 0.15) is 0 Å². The van der Waals surface area contributed by atoms with E-state index in [9.17, 15) is 4.79 Å². The number of hydrogen-bond donors (Lipinski definition) is 0. The van der Waals surface area contributed by atoms with E-state index in [1.165, 1.54) is 0 Å². The summed E-state index contributed by atoms with van der Waals surface area (Å²) < 4.78 is -1.98. The second-order valence-corrected chi connectivity index (χ2v) is 7.47. The zero-order valence-corrected chi connectivity index (χ0v) is 14.1. The van der Waals surface area contributed by atoms with Crippen LogP contribution in [0.3, 0.4) is 0 Å². The van der Waals surface area contributed by atoms with Crippen molar-refractivity contribution in [2.24, 2.45) is 0 Å². The van der Waals surface area contributed by atoms with Crippen molar-refractivity contribution in [1.82, 2.24) is 4.90 Å². The Morgan fingerprint density at radius 3 is 2.50 bits per heavy atom. The van der Waals surface area contributed by atoms with E-state index in [2.05, 4.69) is 6.07 Å². The molecule has 0 N–H and O–H groups in total. The molecule has 1 aliphatic rings. The summed E-state index contributed by atoms with van der Waals surface area (Å²) in [5.74, 6) is -0.528. The average Bonchev–Trinajstić information content (AvgIpc) is 2.52. The van der Waals surface area contributed by atoms with Gasteiger partial charge in [-0.3, -0.25) is 4.79 Å². The van der Waals surface area contributed by atoms with Gasteiger partial charge in [-0.1, -0.05) is 71.2 Å². The average molecular weight is 358 g/mol. The molecule has 1 amide bonds. The van der Waals surface area contributed by atoms with Crippen LogP contribution in [0, 0.1) is 11.3 Å². The van der Waals surface area contributed by atoms with Gasteiger partial charge < -0.3 is 4.90 Å². The van der Waals surface area contributed by atoms with Gasteiger partial charge in [0, 0.05) is 18.2 Å². The molecule has 0 fully saturated rings. The second-order valence-electron chi connectivity index (χ2n) is 5.19. The van der Waals surface area contributed by atoms with Crippen LogP contribution in [0.15, 0.2) is 42.0 Å². The van der Waals surface area contributed by atoms with Crippen molar-refractivity contribution in [2.45, 2.75) is 35.6 Å². The number of allylic oxidation sites excluding steroid dienone is 1. The van der Waals surface area contributed by atoms with E-state index in [1.807, 2.05) is 36.4 Å². The van der Waals surface area contributed by atoms with Gasteiger partial charge >= 0.3 is 0 Å². The first-order valence-electron chi connectivity index (χ1n) is 6.92. The van der Waals surface area contributed by atoms with Gasteiger partial charge in [0.15, 0.2) is 0 Å². The fraction of sp³-hybridized carbons (Fsp3) is 0.375. The first-order chi connectivity index (χ1) is 10.4. The lowest BCUT2D eigenvalue weighted by Gasteiger charge is -2.35. The van der Waals surface area contributed by atoms with Gasteiger partial charge in [-0.25, -0.2) is 0 Å². The summed E-state index contributed by atoms with van der Waals surface area (Å²) in [5.41, 5.74) is 1.72. The van der Waals surface area contributed by atoms with Crippen LogP contribution in [-0.4, -0.2) is 20.6 Å². The Labute approximate surface area is 145 Å². The molecule has 0 radical (unpaired) electrons. The van der Waals surface area contributed by atoms with E-state index in [4.69, 9.17) is 40.1 Å². The fourth-order valence-corrected chi connectivity index (χ4v) is 2.84. The number of halogens is 3. The first-order valence-corrected chi connectivity index (χ1v) is 8.06. The van der Waals surface area contributed by atoms with Gasteiger partial charge in [-0.2, -0.15) is 5.26 Å². The zero-order chi connectivity index (χ0) is 16.2. The largest absolute Gasteiger partial charge is 0.331 e. The summed E-state index contributed by atoms with van der Waals surface area (Å²) in [6.45, 7) is 0.383. The molecule has 6 heteroatoms. The Morgan fingerprint density at radius 2 is 2.00 bits per heavy atom. The second kappa shape index (κ2) is 7.37. The molecule has 2 rings (SSSR count). The topological polar surface area (TPSA) is 44.1 Å². The summed E-state index contributed by atoms with van der Waals surface area (Å²) in [6.07, 6.45) is 3.79. The zero-order valence-electron chi connectivity index (χ0n) is 11.8. The molecule has 22 heavy (non-hydrogen) atoms. The number of rotatable bonds is 3. The van der Waals surface area contributed by atoms with E-state index in [-0.39, 0.29) is 6.04 Å². The van der Waals surface area contributed by atoms with Crippen LogP contribution in [-0.2, 0) is 11.3 Å². The minimum Gasteiger partial charge on any atom is -0.331 e. The standard InChI is InChI=1S/C16H15Cl3N2O/c17-16(18,19)15(22)21(11-13-4-2-1-3-5-13)14-8-6-12(10-20)7-9-14/h1-6,14H,7-9,11H2. The highest BCUT2D eigenvalue weighted by atomic mass is 35.6. The minimum absolute atomic E-state index is 0.0690. The number of hydrogen-bond acceptors (Lipinski definition) is 2. The number of nitrogens with zero attached hydrogens (tertiary/aromatic N) is 2. The lowest BCUT2D eigenvalue weighted by atomic mass is 9.94. The number of carbonyl (C=O) groups excluding carboxylic acids is 1. The normalized spacial score (nSPS) is 18.3. The van der Waals surface area contributed by atoms with Crippen LogP contribution in [0.25, 0.3) is 0 Å². The van der Waals surface area contributed by atoms with Crippen LogP contribution in [0.4, 0.5) is 0 Å². The Balaban J connectivity index is 2.21. The number of alkyl halides is 3. The van der Waals surface area contributed by atoms with Crippen molar-refractivity contribution in [3.05, 3.63) is 47.5 Å². The fourth-order valence-electron chi connectivity index (χ4n) is 2.51. The third-order valence-electron chi connectivity index (χ3n) is 3.67. The molecule has 3 nitrogen and oxygen atoms in total. The molecular formula is C16H15Cl3N2O. The number of benzene rings is 1. The van der Waals surface area contributed by atoms with Crippen LogP contribution < -0.4 is 0 Å². The Hall–Kier alpha value is -1.21. The summed E-state index contributed by atoms with van der Waals surface area (Å²) >= 11 is 17.4. The molecular weight excluding hydrogens is 343 g/mol. The molecule has 1 aromatic rings. The molecule has 1 atom stereocenters. The maximum atomic E-state index is 12.5. The highest BCUT2D eigenvalue weighted by Gasteiger charge is 2.38. The lowest BCUT2D eigenvalue weighted by Crippen LogP contribution is -2.46. The Morgan fingerprint density at radius 1 is 1.32 bits per heavy atom. The molecule has 0 saturated heterocycles. The lowest BCUT2D eigenvalue weighted by molar-refractivity contribution is -0.133. The summed E-state index contributed by atoms with van der Waals surface area (Å²) in [5, 5.41) is 8.93. The third-order valence-corrected chi connectivity index (χ3v) is 4.15. The van der Waals surface area contributed by atoms with Crippen LogP contribution in [0.2, 0.25) is 0 Å². The maximum Gasteiger partial charge on any atom is 0.275 e. The van der Waals surface area contributed by atoms with Crippen molar-refractivity contribution in [3.8, 4) is 6.07 Å². The van der Waals surface area contributed by atoms with E-state index < -0.39 is 9.70 Å². The van der Waals surface area contributed by atoms with Gasteiger partial charge in [0.25, 0.3) is 9.70 Å². The van der Waals surface area contributed by atoms with Crippen molar-refractivity contribution in [3.63, 3.8) is 0 Å².